The number of piperazine rings is 1. The maximum atomic E-state index is 11.4. The van der Waals surface area contributed by atoms with E-state index in [0.29, 0.717) is 12.5 Å². The molecule has 0 bridgehead atoms. The minimum absolute atomic E-state index is 0.134. The van der Waals surface area contributed by atoms with Gasteiger partial charge < -0.3 is 15.0 Å². The molecule has 0 spiro atoms. The van der Waals surface area contributed by atoms with Crippen molar-refractivity contribution < 1.29 is 9.53 Å². The van der Waals surface area contributed by atoms with Crippen LogP contribution in [0.3, 0.4) is 0 Å². The van der Waals surface area contributed by atoms with Gasteiger partial charge >= 0.3 is 5.97 Å². The van der Waals surface area contributed by atoms with E-state index in [9.17, 15) is 4.79 Å². The van der Waals surface area contributed by atoms with Crippen molar-refractivity contribution in [1.82, 2.24) is 5.32 Å². The number of methoxy groups -OCH3 is 1. The Morgan fingerprint density at radius 2 is 2.32 bits per heavy atom. The van der Waals surface area contributed by atoms with E-state index in [2.05, 4.69) is 45.2 Å². The zero-order chi connectivity index (χ0) is 13.8. The molecule has 0 aromatic heterocycles. The van der Waals surface area contributed by atoms with E-state index in [1.165, 1.54) is 12.8 Å². The Hall–Kier alpha value is -1.07. The van der Waals surface area contributed by atoms with Gasteiger partial charge in [-0.05, 0) is 25.1 Å². The summed E-state index contributed by atoms with van der Waals surface area (Å²) >= 11 is 3.49. The normalized spacial score (nSPS) is 23.2. The van der Waals surface area contributed by atoms with Gasteiger partial charge in [-0.3, -0.25) is 4.79 Å². The summed E-state index contributed by atoms with van der Waals surface area (Å²) in [5, 5.41) is 3.44. The summed E-state index contributed by atoms with van der Waals surface area (Å²) in [5.74, 6) is -0.166. The minimum atomic E-state index is -0.166. The number of nitrogens with one attached hydrogen (secondary N) is 1. The van der Waals surface area contributed by atoms with E-state index < -0.39 is 0 Å². The first-order valence-electron chi connectivity index (χ1n) is 6.42. The Labute approximate surface area is 122 Å². The van der Waals surface area contributed by atoms with Crippen molar-refractivity contribution in [3.05, 3.63) is 28.7 Å². The first-order valence-corrected chi connectivity index (χ1v) is 7.21. The fraction of sp³-hybridized carbons (Fsp3) is 0.500. The molecule has 2 atom stereocenters. The van der Waals surface area contributed by atoms with Crippen molar-refractivity contribution >= 4 is 27.6 Å². The van der Waals surface area contributed by atoms with E-state index in [1.54, 1.807) is 0 Å². The third-order valence-corrected chi connectivity index (χ3v) is 3.76. The van der Waals surface area contributed by atoms with Crippen molar-refractivity contribution in [3.63, 3.8) is 0 Å². The maximum Gasteiger partial charge on any atom is 0.307 e. The Morgan fingerprint density at radius 3 is 3.00 bits per heavy atom. The summed E-state index contributed by atoms with van der Waals surface area (Å²) in [7, 11) is 1.43. The highest BCUT2D eigenvalue weighted by Crippen LogP contribution is 2.22. The molecule has 0 aliphatic carbocycles. The minimum Gasteiger partial charge on any atom is -0.469 e. The van der Waals surface area contributed by atoms with Crippen LogP contribution in [0.5, 0.6) is 0 Å². The molecule has 1 saturated heterocycles. The summed E-state index contributed by atoms with van der Waals surface area (Å²) < 4.78 is 5.81. The fourth-order valence-corrected chi connectivity index (χ4v) is 2.86. The molecule has 1 aliphatic rings. The molecule has 0 saturated carbocycles. The summed E-state index contributed by atoms with van der Waals surface area (Å²) in [4.78, 5) is 13.7. The number of hydrogen-bond donors (Lipinski definition) is 1. The van der Waals surface area contributed by atoms with Gasteiger partial charge in [0, 0.05) is 35.3 Å². The van der Waals surface area contributed by atoms with Crippen molar-refractivity contribution in [2.45, 2.75) is 25.4 Å². The number of nitrogens with zero attached hydrogens (tertiary/aromatic N) is 1. The highest BCUT2D eigenvalue weighted by molar-refractivity contribution is 9.10. The van der Waals surface area contributed by atoms with Gasteiger partial charge in [0.05, 0.1) is 13.5 Å². The topological polar surface area (TPSA) is 41.6 Å². The number of carbonyl (C=O) groups is 1. The number of anilines is 1. The van der Waals surface area contributed by atoms with Crippen molar-refractivity contribution in [3.8, 4) is 0 Å². The third-order valence-electron chi connectivity index (χ3n) is 3.27. The first-order chi connectivity index (χ1) is 9.08. The van der Waals surface area contributed by atoms with E-state index >= 15 is 0 Å². The highest BCUT2D eigenvalue weighted by Gasteiger charge is 2.26. The SMILES string of the molecule is COC(=O)CC1CN(c2cccc(Br)c2)CC(C)N1. The van der Waals surface area contributed by atoms with Gasteiger partial charge in [0.15, 0.2) is 0 Å². The molecule has 0 radical (unpaired) electrons. The molecule has 1 aromatic carbocycles. The quantitative estimate of drug-likeness (QED) is 0.864. The standard InChI is InChI=1S/C14H19BrN2O2/c1-10-8-17(13-5-3-4-11(15)6-13)9-12(16-10)7-14(18)19-2/h3-6,10,12,16H,7-9H2,1-2H3. The predicted molar refractivity (Wildman–Crippen MR) is 79.4 cm³/mol. The lowest BCUT2D eigenvalue weighted by Gasteiger charge is -2.38. The number of hydrogen-bond acceptors (Lipinski definition) is 4. The van der Waals surface area contributed by atoms with Crippen LogP contribution >= 0.6 is 15.9 Å². The third kappa shape index (κ3) is 3.94. The van der Waals surface area contributed by atoms with Crippen LogP contribution in [-0.4, -0.2) is 38.3 Å². The van der Waals surface area contributed by atoms with E-state index in [1.807, 2.05) is 12.1 Å². The van der Waals surface area contributed by atoms with E-state index in [-0.39, 0.29) is 12.0 Å². The summed E-state index contributed by atoms with van der Waals surface area (Å²) in [6, 6.07) is 8.73. The van der Waals surface area contributed by atoms with Crippen LogP contribution in [-0.2, 0) is 9.53 Å². The molecule has 4 nitrogen and oxygen atoms in total. The first kappa shape index (κ1) is 14.3. The lowest BCUT2D eigenvalue weighted by atomic mass is 10.1. The molecule has 1 heterocycles. The predicted octanol–water partition coefficient (Wildman–Crippen LogP) is 2.18. The molecular weight excluding hydrogens is 308 g/mol. The van der Waals surface area contributed by atoms with E-state index in [4.69, 9.17) is 4.74 Å². The lowest BCUT2D eigenvalue weighted by Crippen LogP contribution is -2.56. The van der Waals surface area contributed by atoms with Crippen LogP contribution in [0.2, 0.25) is 0 Å². The van der Waals surface area contributed by atoms with Gasteiger partial charge in [-0.2, -0.15) is 0 Å². The Bertz CT molecular complexity index is 453. The number of ether oxygens (including phenoxy) is 1. The summed E-state index contributed by atoms with van der Waals surface area (Å²) in [5.41, 5.74) is 1.18. The second kappa shape index (κ2) is 6.39. The second-order valence-electron chi connectivity index (χ2n) is 4.93. The van der Waals surface area contributed by atoms with Crippen LogP contribution in [0.15, 0.2) is 28.7 Å². The van der Waals surface area contributed by atoms with Crippen LogP contribution in [0.4, 0.5) is 5.69 Å². The monoisotopic (exact) mass is 326 g/mol. The molecule has 2 rings (SSSR count). The van der Waals surface area contributed by atoms with Crippen LogP contribution in [0.25, 0.3) is 0 Å². The molecule has 19 heavy (non-hydrogen) atoms. The number of esters is 1. The van der Waals surface area contributed by atoms with Gasteiger partial charge in [0.1, 0.15) is 0 Å². The molecule has 0 amide bonds. The smallest absolute Gasteiger partial charge is 0.307 e. The largest absolute Gasteiger partial charge is 0.469 e. The summed E-state index contributed by atoms with van der Waals surface area (Å²) in [6.45, 7) is 3.89. The van der Waals surface area contributed by atoms with Crippen molar-refractivity contribution in [2.75, 3.05) is 25.1 Å². The molecule has 1 fully saturated rings. The lowest BCUT2D eigenvalue weighted by molar-refractivity contribution is -0.141. The van der Waals surface area contributed by atoms with Gasteiger partial charge in [-0.15, -0.1) is 0 Å². The Kier molecular flexibility index (Phi) is 4.82. The molecule has 5 heteroatoms. The fourth-order valence-electron chi connectivity index (χ4n) is 2.47. The van der Waals surface area contributed by atoms with Gasteiger partial charge in [-0.25, -0.2) is 0 Å². The number of carbonyl (C=O) groups excluding carboxylic acids is 1. The van der Waals surface area contributed by atoms with Gasteiger partial charge in [-0.1, -0.05) is 22.0 Å². The molecule has 1 aliphatic heterocycles. The van der Waals surface area contributed by atoms with E-state index in [0.717, 1.165) is 17.6 Å². The number of rotatable bonds is 3. The average molecular weight is 327 g/mol. The second-order valence-corrected chi connectivity index (χ2v) is 5.85. The van der Waals surface area contributed by atoms with Crippen LogP contribution in [0, 0.1) is 0 Å². The molecule has 1 aromatic rings. The Morgan fingerprint density at radius 1 is 1.53 bits per heavy atom. The van der Waals surface area contributed by atoms with Gasteiger partial charge in [0.25, 0.3) is 0 Å². The molecule has 2 unspecified atom stereocenters. The average Bonchev–Trinajstić information content (AvgIpc) is 2.38. The Balaban J connectivity index is 2.07. The van der Waals surface area contributed by atoms with Crippen molar-refractivity contribution in [1.29, 1.82) is 0 Å². The zero-order valence-electron chi connectivity index (χ0n) is 11.2. The summed E-state index contributed by atoms with van der Waals surface area (Å²) in [6.07, 6.45) is 0.408. The zero-order valence-corrected chi connectivity index (χ0v) is 12.8. The van der Waals surface area contributed by atoms with Crippen molar-refractivity contribution in [2.24, 2.45) is 0 Å². The van der Waals surface area contributed by atoms with Crippen LogP contribution in [0.1, 0.15) is 13.3 Å². The number of benzene rings is 1. The molecular formula is C14H19BrN2O2. The van der Waals surface area contributed by atoms with Gasteiger partial charge in [0.2, 0.25) is 0 Å². The van der Waals surface area contributed by atoms with Crippen LogP contribution < -0.4 is 10.2 Å². The maximum absolute atomic E-state index is 11.4. The highest BCUT2D eigenvalue weighted by atomic mass is 79.9. The molecule has 1 N–H and O–H groups in total. The molecule has 104 valence electrons. The number of halogens is 1.